The van der Waals surface area contributed by atoms with Crippen molar-refractivity contribution in [3.8, 4) is 6.07 Å². The average molecular weight is 303 g/mol. The van der Waals surface area contributed by atoms with Gasteiger partial charge in [0.05, 0.1) is 23.1 Å². The summed E-state index contributed by atoms with van der Waals surface area (Å²) in [5.41, 5.74) is 8.48. The zero-order valence-electron chi connectivity index (χ0n) is 9.74. The molecule has 1 aromatic carbocycles. The lowest BCUT2D eigenvalue weighted by Crippen LogP contribution is -1.99. The average Bonchev–Trinajstić information content (AvgIpc) is 2.34. The number of nitriles is 1. The van der Waals surface area contributed by atoms with Crippen LogP contribution in [0.25, 0.3) is 0 Å². The van der Waals surface area contributed by atoms with E-state index in [0.29, 0.717) is 17.1 Å². The van der Waals surface area contributed by atoms with E-state index in [-0.39, 0.29) is 0 Å². The normalized spacial score (nSPS) is 9.83. The first-order valence-electron chi connectivity index (χ1n) is 5.29. The number of aryl methyl sites for hydroxylation is 1. The molecule has 1 aromatic heterocycles. The third kappa shape index (κ3) is 2.60. The smallest absolute Gasteiger partial charge is 0.133 e. The molecule has 2 aromatic rings. The molecule has 0 amide bonds. The number of nitrogen functional groups attached to an aromatic ring is 1. The summed E-state index contributed by atoms with van der Waals surface area (Å²) in [5.74, 6) is 0.697. The fraction of sp³-hybridized carbons (Fsp3) is 0.0769. The van der Waals surface area contributed by atoms with Crippen LogP contribution in [-0.2, 0) is 0 Å². The Bertz CT molecular complexity index is 631. The SMILES string of the molecule is Cc1cc(N)cnc1Nc1ccc(Br)cc1C#N. The zero-order chi connectivity index (χ0) is 13.1. The first-order chi connectivity index (χ1) is 8.60. The van der Waals surface area contributed by atoms with Gasteiger partial charge in [0.1, 0.15) is 11.9 Å². The van der Waals surface area contributed by atoms with Gasteiger partial charge in [0.25, 0.3) is 0 Å². The van der Waals surface area contributed by atoms with E-state index in [4.69, 9.17) is 11.0 Å². The monoisotopic (exact) mass is 302 g/mol. The summed E-state index contributed by atoms with van der Waals surface area (Å²) < 4.78 is 0.867. The van der Waals surface area contributed by atoms with Crippen LogP contribution < -0.4 is 11.1 Å². The number of rotatable bonds is 2. The summed E-state index contributed by atoms with van der Waals surface area (Å²) in [7, 11) is 0. The number of halogens is 1. The molecular weight excluding hydrogens is 292 g/mol. The molecule has 0 radical (unpaired) electrons. The highest BCUT2D eigenvalue weighted by molar-refractivity contribution is 9.10. The highest BCUT2D eigenvalue weighted by atomic mass is 79.9. The fourth-order valence-corrected chi connectivity index (χ4v) is 1.93. The Morgan fingerprint density at radius 3 is 2.83 bits per heavy atom. The van der Waals surface area contributed by atoms with Crippen molar-refractivity contribution in [2.75, 3.05) is 11.1 Å². The van der Waals surface area contributed by atoms with E-state index in [1.165, 1.54) is 0 Å². The van der Waals surface area contributed by atoms with Gasteiger partial charge in [-0.25, -0.2) is 4.98 Å². The third-order valence-electron chi connectivity index (χ3n) is 2.45. The molecule has 0 saturated heterocycles. The van der Waals surface area contributed by atoms with Gasteiger partial charge in [-0.15, -0.1) is 0 Å². The van der Waals surface area contributed by atoms with E-state index in [9.17, 15) is 0 Å². The molecule has 0 saturated carbocycles. The number of nitrogens with one attached hydrogen (secondary N) is 1. The van der Waals surface area contributed by atoms with Gasteiger partial charge in [-0.2, -0.15) is 5.26 Å². The molecular formula is C13H11BrN4. The van der Waals surface area contributed by atoms with E-state index < -0.39 is 0 Å². The predicted octanol–water partition coefficient (Wildman–Crippen LogP) is 3.35. The number of anilines is 3. The zero-order valence-corrected chi connectivity index (χ0v) is 11.3. The number of benzene rings is 1. The molecule has 4 nitrogen and oxygen atoms in total. The molecule has 5 heteroatoms. The molecule has 0 bridgehead atoms. The molecule has 90 valence electrons. The lowest BCUT2D eigenvalue weighted by molar-refractivity contribution is 1.26. The molecule has 0 fully saturated rings. The maximum Gasteiger partial charge on any atom is 0.133 e. The quantitative estimate of drug-likeness (QED) is 0.892. The van der Waals surface area contributed by atoms with E-state index >= 15 is 0 Å². The summed E-state index contributed by atoms with van der Waals surface area (Å²) in [6, 6.07) is 9.44. The Labute approximate surface area is 114 Å². The first-order valence-corrected chi connectivity index (χ1v) is 6.08. The van der Waals surface area contributed by atoms with Crippen molar-refractivity contribution >= 4 is 33.1 Å². The van der Waals surface area contributed by atoms with Gasteiger partial charge in [0.15, 0.2) is 0 Å². The second-order valence-corrected chi connectivity index (χ2v) is 4.78. The summed E-state index contributed by atoms with van der Waals surface area (Å²) in [4.78, 5) is 4.21. The number of nitrogens with zero attached hydrogens (tertiary/aromatic N) is 2. The second kappa shape index (κ2) is 5.07. The molecule has 0 aliphatic rings. The number of hydrogen-bond donors (Lipinski definition) is 2. The molecule has 0 aliphatic carbocycles. The van der Waals surface area contributed by atoms with Gasteiger partial charge in [-0.3, -0.25) is 0 Å². The van der Waals surface area contributed by atoms with Gasteiger partial charge >= 0.3 is 0 Å². The van der Waals surface area contributed by atoms with Crippen LogP contribution in [0.2, 0.25) is 0 Å². The van der Waals surface area contributed by atoms with Crippen LogP contribution in [0.5, 0.6) is 0 Å². The van der Waals surface area contributed by atoms with Gasteiger partial charge < -0.3 is 11.1 Å². The van der Waals surface area contributed by atoms with Crippen molar-refractivity contribution in [2.24, 2.45) is 0 Å². The Hall–Kier alpha value is -2.06. The molecule has 2 rings (SSSR count). The Morgan fingerprint density at radius 1 is 1.39 bits per heavy atom. The second-order valence-electron chi connectivity index (χ2n) is 3.86. The van der Waals surface area contributed by atoms with Crippen molar-refractivity contribution in [1.82, 2.24) is 4.98 Å². The summed E-state index contributed by atoms with van der Waals surface area (Å²) in [6.07, 6.45) is 1.58. The molecule has 0 aliphatic heterocycles. The first kappa shape index (κ1) is 12.4. The topological polar surface area (TPSA) is 74.7 Å². The van der Waals surface area contributed by atoms with E-state index in [1.807, 2.05) is 25.1 Å². The lowest BCUT2D eigenvalue weighted by atomic mass is 10.2. The van der Waals surface area contributed by atoms with Crippen molar-refractivity contribution in [3.63, 3.8) is 0 Å². The maximum atomic E-state index is 9.08. The van der Waals surface area contributed by atoms with Gasteiger partial charge in [0, 0.05) is 4.47 Å². The minimum absolute atomic E-state index is 0.558. The van der Waals surface area contributed by atoms with Gasteiger partial charge in [0.2, 0.25) is 0 Å². The van der Waals surface area contributed by atoms with Crippen LogP contribution in [0.3, 0.4) is 0 Å². The standard InChI is InChI=1S/C13H11BrN4/c1-8-4-11(16)7-17-13(8)18-12-3-2-10(14)5-9(12)6-15/h2-5,7H,16H2,1H3,(H,17,18). The Morgan fingerprint density at radius 2 is 2.17 bits per heavy atom. The molecule has 0 spiro atoms. The van der Waals surface area contributed by atoms with Crippen LogP contribution in [0.15, 0.2) is 34.9 Å². The summed E-state index contributed by atoms with van der Waals surface area (Å²) in [5, 5.41) is 12.2. The van der Waals surface area contributed by atoms with E-state index in [0.717, 1.165) is 15.7 Å². The number of aromatic nitrogens is 1. The maximum absolute atomic E-state index is 9.08. The van der Waals surface area contributed by atoms with Gasteiger partial charge in [-0.05, 0) is 36.8 Å². The van der Waals surface area contributed by atoms with Crippen LogP contribution in [0.4, 0.5) is 17.2 Å². The molecule has 3 N–H and O–H groups in total. The third-order valence-corrected chi connectivity index (χ3v) is 2.95. The van der Waals surface area contributed by atoms with Crippen LogP contribution in [0, 0.1) is 18.3 Å². The van der Waals surface area contributed by atoms with Crippen molar-refractivity contribution in [1.29, 1.82) is 5.26 Å². The fourth-order valence-electron chi connectivity index (χ4n) is 1.57. The number of nitrogens with two attached hydrogens (primary N) is 1. The minimum atomic E-state index is 0.558. The van der Waals surface area contributed by atoms with E-state index in [2.05, 4.69) is 32.3 Å². The van der Waals surface area contributed by atoms with Crippen LogP contribution >= 0.6 is 15.9 Å². The Kier molecular flexibility index (Phi) is 3.49. The lowest BCUT2D eigenvalue weighted by Gasteiger charge is -2.10. The van der Waals surface area contributed by atoms with E-state index in [1.54, 1.807) is 12.3 Å². The van der Waals surface area contributed by atoms with Crippen molar-refractivity contribution < 1.29 is 0 Å². The largest absolute Gasteiger partial charge is 0.397 e. The minimum Gasteiger partial charge on any atom is -0.397 e. The van der Waals surface area contributed by atoms with Crippen molar-refractivity contribution in [3.05, 3.63) is 46.1 Å². The number of pyridine rings is 1. The highest BCUT2D eigenvalue weighted by Gasteiger charge is 2.06. The molecule has 1 heterocycles. The summed E-state index contributed by atoms with van der Waals surface area (Å²) in [6.45, 7) is 1.91. The van der Waals surface area contributed by atoms with Crippen LogP contribution in [-0.4, -0.2) is 4.98 Å². The van der Waals surface area contributed by atoms with Gasteiger partial charge in [-0.1, -0.05) is 15.9 Å². The highest BCUT2D eigenvalue weighted by Crippen LogP contribution is 2.25. The Balaban J connectivity index is 2.37. The molecule has 18 heavy (non-hydrogen) atoms. The summed E-state index contributed by atoms with van der Waals surface area (Å²) >= 11 is 3.34. The van der Waals surface area contributed by atoms with Crippen LogP contribution in [0.1, 0.15) is 11.1 Å². The molecule has 0 unspecified atom stereocenters. The molecule has 0 atom stereocenters. The predicted molar refractivity (Wildman–Crippen MR) is 75.5 cm³/mol. The number of hydrogen-bond acceptors (Lipinski definition) is 4. The van der Waals surface area contributed by atoms with Crippen molar-refractivity contribution in [2.45, 2.75) is 6.92 Å².